The molecule has 5 aromatic rings. The van der Waals surface area contributed by atoms with E-state index in [1.165, 1.54) is 38.6 Å². The minimum atomic E-state index is 0.0110. The third kappa shape index (κ3) is 3.05. The summed E-state index contributed by atoms with van der Waals surface area (Å²) in [6.07, 6.45) is 0. The highest BCUT2D eigenvalue weighted by atomic mass is 15.0. The highest BCUT2D eigenvalue weighted by Gasteiger charge is 2.41. The van der Waals surface area contributed by atoms with Gasteiger partial charge in [-0.05, 0) is 17.7 Å². The number of nitrogens with one attached hydrogen (secondary N) is 2. The zero-order valence-corrected chi connectivity index (χ0v) is 17.4. The molecule has 148 valence electrons. The van der Waals surface area contributed by atoms with Gasteiger partial charge in [0.25, 0.3) is 0 Å². The number of benzene rings is 4. The average molecular weight is 391 g/mol. The molecule has 2 nitrogen and oxygen atoms in total. The Morgan fingerprint density at radius 2 is 1.23 bits per heavy atom. The number of hydrogen-bond acceptors (Lipinski definition) is 1. The molecule has 2 N–H and O–H groups in total. The van der Waals surface area contributed by atoms with E-state index >= 15 is 0 Å². The van der Waals surface area contributed by atoms with Gasteiger partial charge in [0, 0.05) is 33.0 Å². The van der Waals surface area contributed by atoms with Crippen molar-refractivity contribution < 1.29 is 0 Å². The standard InChI is InChI=1S/C22H20N2.C6H6/c1-22(2)19-18(24-21(22)14-8-4-3-5-9-14)13-12-16-15-10-6-7-11-17(15)23-20(16)19;1-2-4-6-5-3-1/h3-13,21,23-24H,1-2H3;1-6H. The van der Waals surface area contributed by atoms with Gasteiger partial charge in [-0.2, -0.15) is 0 Å². The molecule has 0 saturated heterocycles. The maximum absolute atomic E-state index is 3.76. The summed E-state index contributed by atoms with van der Waals surface area (Å²) in [6.45, 7) is 4.68. The molecule has 1 aliphatic rings. The third-order valence-electron chi connectivity index (χ3n) is 6.15. The lowest BCUT2D eigenvalue weighted by atomic mass is 9.77. The van der Waals surface area contributed by atoms with Crippen molar-refractivity contribution in [1.82, 2.24) is 4.98 Å². The van der Waals surface area contributed by atoms with E-state index in [9.17, 15) is 0 Å². The molecule has 0 spiro atoms. The molecule has 30 heavy (non-hydrogen) atoms. The van der Waals surface area contributed by atoms with Gasteiger partial charge in [0.2, 0.25) is 0 Å². The van der Waals surface area contributed by atoms with Crippen LogP contribution in [0.5, 0.6) is 0 Å². The zero-order valence-electron chi connectivity index (χ0n) is 17.4. The molecule has 1 unspecified atom stereocenters. The van der Waals surface area contributed by atoms with Crippen LogP contribution in [0.3, 0.4) is 0 Å². The van der Waals surface area contributed by atoms with Gasteiger partial charge in [0.1, 0.15) is 0 Å². The molecule has 0 radical (unpaired) electrons. The van der Waals surface area contributed by atoms with Crippen LogP contribution in [0.25, 0.3) is 21.8 Å². The lowest BCUT2D eigenvalue weighted by molar-refractivity contribution is 0.477. The second kappa shape index (κ2) is 7.38. The van der Waals surface area contributed by atoms with Crippen LogP contribution in [-0.4, -0.2) is 4.98 Å². The Morgan fingerprint density at radius 3 is 1.93 bits per heavy atom. The average Bonchev–Trinajstić information content (AvgIpc) is 3.30. The fourth-order valence-electron chi connectivity index (χ4n) is 4.72. The minimum Gasteiger partial charge on any atom is -0.377 e. The van der Waals surface area contributed by atoms with E-state index in [0.29, 0.717) is 0 Å². The van der Waals surface area contributed by atoms with E-state index in [-0.39, 0.29) is 11.5 Å². The summed E-state index contributed by atoms with van der Waals surface area (Å²) in [5, 5.41) is 6.37. The summed E-state index contributed by atoms with van der Waals surface area (Å²) in [5.41, 5.74) is 6.46. The van der Waals surface area contributed by atoms with Crippen molar-refractivity contribution in [3.63, 3.8) is 0 Å². The topological polar surface area (TPSA) is 27.8 Å². The fraction of sp³-hybridized carbons (Fsp3) is 0.143. The molecule has 0 bridgehead atoms. The van der Waals surface area contributed by atoms with Crippen LogP contribution in [0.15, 0.2) is 103 Å². The van der Waals surface area contributed by atoms with Crippen LogP contribution >= 0.6 is 0 Å². The summed E-state index contributed by atoms with van der Waals surface area (Å²) >= 11 is 0. The SMILES string of the molecule is CC1(C)c2c(ccc3c2[nH]c2ccccc23)NC1c1ccccc1.c1ccccc1. The quantitative estimate of drug-likeness (QED) is 0.305. The van der Waals surface area contributed by atoms with Crippen LogP contribution in [0.2, 0.25) is 0 Å². The second-order valence-electron chi connectivity index (χ2n) is 8.45. The van der Waals surface area contributed by atoms with E-state index in [0.717, 1.165) is 0 Å². The summed E-state index contributed by atoms with van der Waals surface area (Å²) in [7, 11) is 0. The predicted molar refractivity (Wildman–Crippen MR) is 128 cm³/mol. The van der Waals surface area contributed by atoms with E-state index < -0.39 is 0 Å². The van der Waals surface area contributed by atoms with Crippen molar-refractivity contribution in [2.75, 3.05) is 5.32 Å². The first-order valence-electron chi connectivity index (χ1n) is 10.5. The van der Waals surface area contributed by atoms with Gasteiger partial charge in [-0.1, -0.05) is 105 Å². The Morgan fingerprint density at radius 1 is 0.633 bits per heavy atom. The number of H-pyrrole nitrogens is 1. The summed E-state index contributed by atoms with van der Waals surface area (Å²) in [5.74, 6) is 0. The van der Waals surface area contributed by atoms with Crippen molar-refractivity contribution in [3.8, 4) is 0 Å². The monoisotopic (exact) mass is 390 g/mol. The number of rotatable bonds is 1. The van der Waals surface area contributed by atoms with E-state index in [1.54, 1.807) is 0 Å². The van der Waals surface area contributed by atoms with Crippen LogP contribution < -0.4 is 5.32 Å². The lowest BCUT2D eigenvalue weighted by Crippen LogP contribution is -2.25. The van der Waals surface area contributed by atoms with Gasteiger partial charge in [-0.25, -0.2) is 0 Å². The van der Waals surface area contributed by atoms with Crippen molar-refractivity contribution in [3.05, 3.63) is 114 Å². The number of hydrogen-bond donors (Lipinski definition) is 2. The molecule has 2 heterocycles. The molecule has 0 saturated carbocycles. The molecule has 2 heteroatoms. The first-order chi connectivity index (χ1) is 14.7. The van der Waals surface area contributed by atoms with Crippen LogP contribution in [0, 0.1) is 0 Å². The largest absolute Gasteiger partial charge is 0.377 e. The molecule has 4 aromatic carbocycles. The van der Waals surface area contributed by atoms with Crippen LogP contribution in [0.1, 0.15) is 31.0 Å². The maximum atomic E-state index is 3.76. The molecular weight excluding hydrogens is 364 g/mol. The van der Waals surface area contributed by atoms with Crippen molar-refractivity contribution in [2.24, 2.45) is 0 Å². The number of para-hydroxylation sites is 1. The molecule has 0 fully saturated rings. The second-order valence-corrected chi connectivity index (χ2v) is 8.45. The number of anilines is 1. The highest BCUT2D eigenvalue weighted by molar-refractivity contribution is 6.10. The van der Waals surface area contributed by atoms with Crippen molar-refractivity contribution in [2.45, 2.75) is 25.3 Å². The highest BCUT2D eigenvalue weighted by Crippen LogP contribution is 2.51. The summed E-state index contributed by atoms with van der Waals surface area (Å²) in [4.78, 5) is 3.67. The number of aromatic amines is 1. The normalized spacial score (nSPS) is 16.5. The van der Waals surface area contributed by atoms with Gasteiger partial charge < -0.3 is 10.3 Å². The Hall–Kier alpha value is -3.52. The predicted octanol–water partition coefficient (Wildman–Crippen LogP) is 7.45. The van der Waals surface area contributed by atoms with E-state index in [4.69, 9.17) is 0 Å². The van der Waals surface area contributed by atoms with Crippen LogP contribution in [0.4, 0.5) is 5.69 Å². The smallest absolute Gasteiger partial charge is 0.0606 e. The van der Waals surface area contributed by atoms with Gasteiger partial charge in [-0.15, -0.1) is 0 Å². The fourth-order valence-corrected chi connectivity index (χ4v) is 4.72. The molecule has 1 aliphatic heterocycles. The molecule has 1 atom stereocenters. The van der Waals surface area contributed by atoms with E-state index in [2.05, 4.69) is 90.9 Å². The Bertz CT molecular complexity index is 1260. The Balaban J connectivity index is 0.000000279. The van der Waals surface area contributed by atoms with Gasteiger partial charge in [-0.3, -0.25) is 0 Å². The lowest BCUT2D eigenvalue weighted by Gasteiger charge is -2.28. The van der Waals surface area contributed by atoms with Crippen molar-refractivity contribution in [1.29, 1.82) is 0 Å². The molecular formula is C28H26N2. The first-order valence-corrected chi connectivity index (χ1v) is 10.5. The molecule has 6 rings (SSSR count). The molecule has 0 amide bonds. The van der Waals surface area contributed by atoms with Crippen LogP contribution in [-0.2, 0) is 5.41 Å². The van der Waals surface area contributed by atoms with Gasteiger partial charge >= 0.3 is 0 Å². The number of aromatic nitrogens is 1. The Labute approximate surface area is 177 Å². The molecule has 0 aliphatic carbocycles. The van der Waals surface area contributed by atoms with Gasteiger partial charge in [0.05, 0.1) is 11.6 Å². The summed E-state index contributed by atoms with van der Waals surface area (Å²) < 4.78 is 0. The third-order valence-corrected chi connectivity index (χ3v) is 6.15. The Kier molecular flexibility index (Phi) is 4.55. The first kappa shape index (κ1) is 18.5. The summed E-state index contributed by atoms with van der Waals surface area (Å²) in [6, 6.07) is 36.1. The van der Waals surface area contributed by atoms with E-state index in [1.807, 2.05) is 36.4 Å². The van der Waals surface area contributed by atoms with Crippen molar-refractivity contribution >= 4 is 27.5 Å². The minimum absolute atomic E-state index is 0.0110. The maximum Gasteiger partial charge on any atom is 0.0606 e. The van der Waals surface area contributed by atoms with Gasteiger partial charge in [0.15, 0.2) is 0 Å². The number of fused-ring (bicyclic) bond motifs is 5. The zero-order chi connectivity index (χ0) is 20.6. The molecule has 1 aromatic heterocycles.